The van der Waals surface area contributed by atoms with Crippen LogP contribution in [0.1, 0.15) is 54.9 Å². The van der Waals surface area contributed by atoms with Gasteiger partial charge < -0.3 is 24.7 Å². The summed E-state index contributed by atoms with van der Waals surface area (Å²) in [6.07, 6.45) is 12.3. The van der Waals surface area contributed by atoms with Crippen LogP contribution in [0, 0.1) is 5.92 Å². The zero-order chi connectivity index (χ0) is 23.6. The third-order valence-corrected chi connectivity index (χ3v) is 5.64. The number of hydrogen-bond donors (Lipinski definition) is 2. The first kappa shape index (κ1) is 24.4. The molecule has 1 amide bonds. The summed E-state index contributed by atoms with van der Waals surface area (Å²) in [7, 11) is 0. The molecular formula is C25H32N2O6. The van der Waals surface area contributed by atoms with Crippen LogP contribution in [0.15, 0.2) is 41.6 Å². The lowest BCUT2D eigenvalue weighted by atomic mass is 9.99. The Balaban J connectivity index is 1.83. The van der Waals surface area contributed by atoms with Gasteiger partial charge in [0.1, 0.15) is 17.1 Å². The van der Waals surface area contributed by atoms with Gasteiger partial charge in [0.15, 0.2) is 6.61 Å². The molecule has 0 spiro atoms. The third kappa shape index (κ3) is 7.37. The number of rotatable bonds is 3. The molecule has 0 radical (unpaired) electrons. The van der Waals surface area contributed by atoms with Crippen molar-refractivity contribution in [1.29, 1.82) is 0 Å². The van der Waals surface area contributed by atoms with E-state index in [0.29, 0.717) is 17.7 Å². The molecule has 3 rings (SSSR count). The molecule has 8 heteroatoms. The number of benzene rings is 1. The number of esters is 1. The second-order valence-corrected chi connectivity index (χ2v) is 8.44. The van der Waals surface area contributed by atoms with Crippen molar-refractivity contribution in [3.63, 3.8) is 0 Å². The van der Waals surface area contributed by atoms with Crippen molar-refractivity contribution in [1.82, 2.24) is 4.90 Å². The van der Waals surface area contributed by atoms with Gasteiger partial charge in [0.2, 0.25) is 0 Å². The molecule has 2 N–H and O–H groups in total. The summed E-state index contributed by atoms with van der Waals surface area (Å²) in [5.41, 5.74) is 0.786. The molecule has 1 aromatic rings. The lowest BCUT2D eigenvalue weighted by molar-refractivity contribution is -0.137. The van der Waals surface area contributed by atoms with E-state index in [0.717, 1.165) is 44.8 Å². The monoisotopic (exact) mass is 456 g/mol. The Morgan fingerprint density at radius 3 is 2.79 bits per heavy atom. The second kappa shape index (κ2) is 12.1. The zero-order valence-corrected chi connectivity index (χ0v) is 19.0. The first-order valence-electron chi connectivity index (χ1n) is 11.5. The molecule has 1 atom stereocenters. The minimum atomic E-state index is -0.675. The van der Waals surface area contributed by atoms with Crippen molar-refractivity contribution < 1.29 is 29.4 Å². The molecule has 0 saturated carbocycles. The molecule has 1 aromatic carbocycles. The van der Waals surface area contributed by atoms with E-state index in [1.54, 1.807) is 11.0 Å². The van der Waals surface area contributed by atoms with Crippen molar-refractivity contribution in [2.45, 2.75) is 45.4 Å². The van der Waals surface area contributed by atoms with Crippen LogP contribution >= 0.6 is 0 Å². The molecule has 2 aliphatic heterocycles. The Kier molecular flexibility index (Phi) is 8.92. The van der Waals surface area contributed by atoms with E-state index in [-0.39, 0.29) is 48.5 Å². The highest BCUT2D eigenvalue weighted by Gasteiger charge is 2.21. The van der Waals surface area contributed by atoms with Crippen LogP contribution in [0.3, 0.4) is 0 Å². The number of phenolic OH excluding ortho intramolecular Hbond substituents is 2. The Morgan fingerprint density at radius 2 is 2.00 bits per heavy atom. The van der Waals surface area contributed by atoms with Crippen LogP contribution < -0.4 is 0 Å². The smallest absolute Gasteiger partial charge is 0.342 e. The number of carbonyl (C=O) groups excluding carboxylic acids is 2. The van der Waals surface area contributed by atoms with Gasteiger partial charge in [-0.2, -0.15) is 0 Å². The maximum absolute atomic E-state index is 12.6. The summed E-state index contributed by atoms with van der Waals surface area (Å²) in [4.78, 5) is 32.2. The molecule has 0 bridgehead atoms. The lowest BCUT2D eigenvalue weighted by Gasteiger charge is -2.26. The number of aromatic hydroxyl groups is 2. The first-order chi connectivity index (χ1) is 15.9. The maximum atomic E-state index is 12.6. The molecule has 1 unspecified atom stereocenters. The van der Waals surface area contributed by atoms with Crippen LogP contribution in [-0.4, -0.2) is 59.0 Å². The minimum absolute atomic E-state index is 0.0206. The molecule has 0 aromatic heterocycles. The molecule has 178 valence electrons. The summed E-state index contributed by atoms with van der Waals surface area (Å²) in [6, 6.07) is 2.50. The van der Waals surface area contributed by atoms with Gasteiger partial charge in [-0.25, -0.2) is 4.79 Å². The van der Waals surface area contributed by atoms with Gasteiger partial charge in [-0.1, -0.05) is 30.3 Å². The Bertz CT molecular complexity index is 931. The van der Waals surface area contributed by atoms with Gasteiger partial charge in [0.25, 0.3) is 5.91 Å². The van der Waals surface area contributed by atoms with E-state index in [1.807, 2.05) is 12.2 Å². The van der Waals surface area contributed by atoms with Gasteiger partial charge in [-0.05, 0) is 55.7 Å². The lowest BCUT2D eigenvalue weighted by Crippen LogP contribution is -2.37. The average molecular weight is 457 g/mol. The number of oxime groups is 1. The molecule has 1 fully saturated rings. The number of likely N-dealkylation sites (tertiary alicyclic amines) is 1. The molecule has 2 heterocycles. The number of cyclic esters (lactones) is 1. The number of hydrogen-bond acceptors (Lipinski definition) is 7. The number of carbonyl (C=O) groups is 2. The fourth-order valence-electron chi connectivity index (χ4n) is 3.88. The number of allylic oxidation sites excluding steroid dienone is 3. The van der Waals surface area contributed by atoms with Crippen LogP contribution in [0.2, 0.25) is 0 Å². The summed E-state index contributed by atoms with van der Waals surface area (Å²) < 4.78 is 5.31. The highest BCUT2D eigenvalue weighted by Crippen LogP contribution is 2.29. The minimum Gasteiger partial charge on any atom is -0.508 e. The van der Waals surface area contributed by atoms with E-state index in [1.165, 1.54) is 6.07 Å². The SMILES string of the molecule is CC1/C=C/CCOC(=O)c2c(O)cc(O)cc2CC(=N/OCC(=O)N2CCCCC2)/C=C/C1. The van der Waals surface area contributed by atoms with Crippen LogP contribution in [-0.2, 0) is 20.8 Å². The summed E-state index contributed by atoms with van der Waals surface area (Å²) in [6.45, 7) is 3.56. The van der Waals surface area contributed by atoms with E-state index < -0.39 is 5.97 Å². The average Bonchev–Trinajstić information content (AvgIpc) is 2.78. The van der Waals surface area contributed by atoms with Gasteiger partial charge in [0, 0.05) is 25.6 Å². The van der Waals surface area contributed by atoms with Gasteiger partial charge >= 0.3 is 5.97 Å². The first-order valence-corrected chi connectivity index (χ1v) is 11.5. The van der Waals surface area contributed by atoms with Crippen molar-refractivity contribution in [2.24, 2.45) is 11.1 Å². The van der Waals surface area contributed by atoms with Crippen molar-refractivity contribution in [3.8, 4) is 11.5 Å². The van der Waals surface area contributed by atoms with E-state index >= 15 is 0 Å². The van der Waals surface area contributed by atoms with E-state index in [2.05, 4.69) is 18.2 Å². The second-order valence-electron chi connectivity index (χ2n) is 8.44. The normalized spacial score (nSPS) is 23.2. The van der Waals surface area contributed by atoms with Crippen molar-refractivity contribution in [2.75, 3.05) is 26.3 Å². The number of amides is 1. The molecule has 2 aliphatic rings. The molecular weight excluding hydrogens is 424 g/mol. The van der Waals surface area contributed by atoms with Crippen LogP contribution in [0.4, 0.5) is 0 Å². The fourth-order valence-corrected chi connectivity index (χ4v) is 3.88. The van der Waals surface area contributed by atoms with Gasteiger partial charge in [0.05, 0.1) is 12.3 Å². The van der Waals surface area contributed by atoms with Gasteiger partial charge in [-0.3, -0.25) is 4.79 Å². The predicted molar refractivity (Wildman–Crippen MR) is 124 cm³/mol. The fraction of sp³-hybridized carbons (Fsp3) is 0.480. The van der Waals surface area contributed by atoms with Crippen molar-refractivity contribution in [3.05, 3.63) is 47.6 Å². The number of nitrogens with zero attached hydrogens (tertiary/aromatic N) is 2. The molecule has 33 heavy (non-hydrogen) atoms. The number of phenols is 2. The van der Waals surface area contributed by atoms with Crippen LogP contribution in [0.25, 0.3) is 0 Å². The zero-order valence-electron chi connectivity index (χ0n) is 19.0. The van der Waals surface area contributed by atoms with E-state index in [4.69, 9.17) is 9.57 Å². The van der Waals surface area contributed by atoms with Crippen molar-refractivity contribution >= 4 is 17.6 Å². The molecule has 0 aliphatic carbocycles. The summed E-state index contributed by atoms with van der Waals surface area (Å²) >= 11 is 0. The van der Waals surface area contributed by atoms with Gasteiger partial charge in [-0.15, -0.1) is 0 Å². The quantitative estimate of drug-likeness (QED) is 0.408. The van der Waals surface area contributed by atoms with E-state index in [9.17, 15) is 19.8 Å². The third-order valence-electron chi connectivity index (χ3n) is 5.64. The Hall–Kier alpha value is -3.29. The summed E-state index contributed by atoms with van der Waals surface area (Å²) in [5.74, 6) is -1.05. The topological polar surface area (TPSA) is 109 Å². The molecule has 8 nitrogen and oxygen atoms in total. The Labute approximate surface area is 194 Å². The Morgan fingerprint density at radius 1 is 1.21 bits per heavy atom. The summed E-state index contributed by atoms with van der Waals surface area (Å²) in [5, 5.41) is 24.4. The highest BCUT2D eigenvalue weighted by atomic mass is 16.6. The number of piperidine rings is 1. The standard InChI is InChI=1S/C25H32N2O6/c1-18-8-3-6-13-32-25(31)24-19(15-21(28)16-22(24)29)14-20(10-7-9-18)26-33-17-23(30)27-11-4-2-5-12-27/h3,7-8,10,15-16,18,28-29H,2,4-6,9,11-14,17H2,1H3/b8-3+,10-7+,26-20+. The number of fused-ring (bicyclic) bond motifs is 1. The number of ether oxygens (including phenoxy) is 1. The largest absolute Gasteiger partial charge is 0.508 e. The predicted octanol–water partition coefficient (Wildman–Crippen LogP) is 3.72. The molecule has 1 saturated heterocycles. The highest BCUT2D eigenvalue weighted by molar-refractivity contribution is 6.00. The maximum Gasteiger partial charge on any atom is 0.342 e. The van der Waals surface area contributed by atoms with Crippen LogP contribution in [0.5, 0.6) is 11.5 Å².